The van der Waals surface area contributed by atoms with Gasteiger partial charge in [0.1, 0.15) is 0 Å². The quantitative estimate of drug-likeness (QED) is 0.699. The molecule has 0 radical (unpaired) electrons. The van der Waals surface area contributed by atoms with Crippen LogP contribution < -0.4 is 5.73 Å². The first-order chi connectivity index (χ1) is 8.13. The fourth-order valence-corrected chi connectivity index (χ4v) is 2.04. The number of hydrogen-bond acceptors (Lipinski definition) is 3. The molecule has 0 aliphatic heterocycles. The third-order valence-electron chi connectivity index (χ3n) is 2.49. The van der Waals surface area contributed by atoms with Crippen LogP contribution in [0.25, 0.3) is 0 Å². The summed E-state index contributed by atoms with van der Waals surface area (Å²) in [5.74, 6) is 0.301. The van der Waals surface area contributed by atoms with E-state index in [9.17, 15) is 4.79 Å². The lowest BCUT2D eigenvalue weighted by molar-refractivity contribution is 0.102. The molecule has 0 unspecified atom stereocenters. The summed E-state index contributed by atoms with van der Waals surface area (Å²) in [5, 5.41) is 0. The van der Waals surface area contributed by atoms with Gasteiger partial charge in [-0.1, -0.05) is 15.9 Å². The Morgan fingerprint density at radius 1 is 1.53 bits per heavy atom. The topological polar surface area (TPSA) is 60.9 Å². The van der Waals surface area contributed by atoms with E-state index in [-0.39, 0.29) is 5.78 Å². The highest BCUT2D eigenvalue weighted by Crippen LogP contribution is 2.22. The zero-order valence-corrected chi connectivity index (χ0v) is 10.9. The van der Waals surface area contributed by atoms with Crippen molar-refractivity contribution in [2.45, 2.75) is 13.5 Å². The Kier molecular flexibility index (Phi) is 3.28. The van der Waals surface area contributed by atoms with Crippen LogP contribution in [0.1, 0.15) is 23.1 Å². The molecule has 0 saturated heterocycles. The molecule has 1 heterocycles. The molecule has 2 N–H and O–H groups in total. The summed E-state index contributed by atoms with van der Waals surface area (Å²) in [4.78, 5) is 16.4. The fourth-order valence-electron chi connectivity index (χ4n) is 1.61. The molecule has 2 rings (SSSR count). The van der Waals surface area contributed by atoms with Crippen molar-refractivity contribution in [2.75, 3.05) is 5.73 Å². The SMILES string of the molecule is CCn1ccnc1C(=O)c1cc(N)ccc1Br. The van der Waals surface area contributed by atoms with Crippen LogP contribution in [0.15, 0.2) is 35.1 Å². The molecular weight excluding hydrogens is 282 g/mol. The van der Waals surface area contributed by atoms with E-state index in [1.807, 2.05) is 6.92 Å². The van der Waals surface area contributed by atoms with Crippen molar-refractivity contribution in [3.05, 3.63) is 46.5 Å². The molecule has 0 fully saturated rings. The lowest BCUT2D eigenvalue weighted by atomic mass is 10.1. The van der Waals surface area contributed by atoms with Crippen LogP contribution in [-0.2, 0) is 6.54 Å². The van der Waals surface area contributed by atoms with E-state index in [0.717, 1.165) is 4.47 Å². The first-order valence-corrected chi connectivity index (χ1v) is 6.03. The number of anilines is 1. The van der Waals surface area contributed by atoms with Crippen LogP contribution in [0.5, 0.6) is 0 Å². The van der Waals surface area contributed by atoms with Gasteiger partial charge in [-0.15, -0.1) is 0 Å². The Bertz CT molecular complexity index is 563. The smallest absolute Gasteiger partial charge is 0.229 e. The van der Waals surface area contributed by atoms with Gasteiger partial charge in [-0.3, -0.25) is 4.79 Å². The number of aryl methyl sites for hydroxylation is 1. The Labute approximate surface area is 108 Å². The average molecular weight is 294 g/mol. The van der Waals surface area contributed by atoms with Crippen LogP contribution >= 0.6 is 15.9 Å². The Morgan fingerprint density at radius 2 is 2.29 bits per heavy atom. The average Bonchev–Trinajstić information content (AvgIpc) is 2.79. The number of nitrogen functional groups attached to an aromatic ring is 1. The van der Waals surface area contributed by atoms with E-state index in [1.165, 1.54) is 0 Å². The number of aromatic nitrogens is 2. The Hall–Kier alpha value is -1.62. The van der Waals surface area contributed by atoms with Crippen LogP contribution in [0.4, 0.5) is 5.69 Å². The Morgan fingerprint density at radius 3 is 3.00 bits per heavy atom. The molecule has 5 heteroatoms. The number of imidazole rings is 1. The number of nitrogens with two attached hydrogens (primary N) is 1. The lowest BCUT2D eigenvalue weighted by Gasteiger charge is -2.06. The third kappa shape index (κ3) is 2.24. The number of carbonyl (C=O) groups excluding carboxylic acids is 1. The number of ketones is 1. The number of benzene rings is 1. The van der Waals surface area contributed by atoms with E-state index < -0.39 is 0 Å². The van der Waals surface area contributed by atoms with Gasteiger partial charge in [-0.25, -0.2) is 4.98 Å². The highest BCUT2D eigenvalue weighted by atomic mass is 79.9. The first-order valence-electron chi connectivity index (χ1n) is 5.24. The largest absolute Gasteiger partial charge is 0.399 e. The minimum atomic E-state index is -0.129. The fraction of sp³-hybridized carbons (Fsp3) is 0.167. The molecule has 0 amide bonds. The van der Waals surface area contributed by atoms with Crippen molar-refractivity contribution in [1.29, 1.82) is 0 Å². The second-order valence-corrected chi connectivity index (χ2v) is 4.46. The summed E-state index contributed by atoms with van der Waals surface area (Å²) >= 11 is 3.35. The van der Waals surface area contributed by atoms with Gasteiger partial charge in [-0.05, 0) is 25.1 Å². The molecule has 88 valence electrons. The summed E-state index contributed by atoms with van der Waals surface area (Å²) < 4.78 is 2.53. The molecule has 0 aliphatic rings. The van der Waals surface area contributed by atoms with Gasteiger partial charge in [0.05, 0.1) is 0 Å². The van der Waals surface area contributed by atoms with E-state index in [2.05, 4.69) is 20.9 Å². The third-order valence-corrected chi connectivity index (χ3v) is 3.19. The summed E-state index contributed by atoms with van der Waals surface area (Å²) in [7, 11) is 0. The Balaban J connectivity index is 2.47. The minimum Gasteiger partial charge on any atom is -0.399 e. The normalized spacial score (nSPS) is 10.5. The van der Waals surface area contributed by atoms with E-state index >= 15 is 0 Å². The van der Waals surface area contributed by atoms with Crippen molar-refractivity contribution in [3.63, 3.8) is 0 Å². The van der Waals surface area contributed by atoms with Gasteiger partial charge < -0.3 is 10.3 Å². The zero-order valence-electron chi connectivity index (χ0n) is 9.35. The van der Waals surface area contributed by atoms with Gasteiger partial charge in [0.15, 0.2) is 5.82 Å². The number of rotatable bonds is 3. The van der Waals surface area contributed by atoms with Gasteiger partial charge in [0.2, 0.25) is 5.78 Å². The number of carbonyl (C=O) groups is 1. The van der Waals surface area contributed by atoms with E-state index in [1.54, 1.807) is 35.2 Å². The maximum Gasteiger partial charge on any atom is 0.229 e. The van der Waals surface area contributed by atoms with Crippen LogP contribution in [-0.4, -0.2) is 15.3 Å². The highest BCUT2D eigenvalue weighted by Gasteiger charge is 2.17. The first kappa shape index (κ1) is 11.9. The zero-order chi connectivity index (χ0) is 12.4. The highest BCUT2D eigenvalue weighted by molar-refractivity contribution is 9.10. The molecule has 0 aliphatic carbocycles. The molecule has 17 heavy (non-hydrogen) atoms. The van der Waals surface area contributed by atoms with E-state index in [4.69, 9.17) is 5.73 Å². The molecule has 0 spiro atoms. The maximum absolute atomic E-state index is 12.3. The predicted molar refractivity (Wildman–Crippen MR) is 69.9 cm³/mol. The molecule has 4 nitrogen and oxygen atoms in total. The maximum atomic E-state index is 12.3. The summed E-state index contributed by atoms with van der Waals surface area (Å²) in [5.41, 5.74) is 6.78. The molecule has 0 atom stereocenters. The predicted octanol–water partition coefficient (Wildman–Crippen LogP) is 2.48. The van der Waals surface area contributed by atoms with E-state index in [0.29, 0.717) is 23.6 Å². The van der Waals surface area contributed by atoms with Crippen molar-refractivity contribution < 1.29 is 4.79 Å². The summed E-state index contributed by atoms with van der Waals surface area (Å²) in [6.07, 6.45) is 3.41. The molecule has 0 saturated carbocycles. The second kappa shape index (κ2) is 4.71. The molecular formula is C12H12BrN3O. The number of nitrogens with zero attached hydrogens (tertiary/aromatic N) is 2. The number of hydrogen-bond donors (Lipinski definition) is 1. The lowest BCUT2D eigenvalue weighted by Crippen LogP contribution is -2.11. The molecule has 1 aromatic heterocycles. The van der Waals surface area contributed by atoms with Gasteiger partial charge >= 0.3 is 0 Å². The molecule has 1 aromatic carbocycles. The second-order valence-electron chi connectivity index (χ2n) is 3.61. The standard InChI is InChI=1S/C12H12BrN3O/c1-2-16-6-5-15-12(16)11(17)9-7-8(14)3-4-10(9)13/h3-7H,2,14H2,1H3. The summed E-state index contributed by atoms with van der Waals surface area (Å²) in [6, 6.07) is 5.16. The van der Waals surface area contributed by atoms with Crippen molar-refractivity contribution in [1.82, 2.24) is 9.55 Å². The molecule has 2 aromatic rings. The van der Waals surface area contributed by atoms with Crippen LogP contribution in [0, 0.1) is 0 Å². The molecule has 0 bridgehead atoms. The van der Waals surface area contributed by atoms with Gasteiger partial charge in [-0.2, -0.15) is 0 Å². The van der Waals surface area contributed by atoms with Crippen molar-refractivity contribution in [3.8, 4) is 0 Å². The van der Waals surface area contributed by atoms with Crippen molar-refractivity contribution in [2.24, 2.45) is 0 Å². The van der Waals surface area contributed by atoms with Gasteiger partial charge in [0.25, 0.3) is 0 Å². The van der Waals surface area contributed by atoms with Crippen LogP contribution in [0.2, 0.25) is 0 Å². The van der Waals surface area contributed by atoms with Gasteiger partial charge in [0, 0.05) is 34.7 Å². The summed E-state index contributed by atoms with van der Waals surface area (Å²) in [6.45, 7) is 2.67. The van der Waals surface area contributed by atoms with Crippen molar-refractivity contribution >= 4 is 27.4 Å². The monoisotopic (exact) mass is 293 g/mol. The van der Waals surface area contributed by atoms with Crippen LogP contribution in [0.3, 0.4) is 0 Å². The number of halogens is 1. The minimum absolute atomic E-state index is 0.129.